The zero-order valence-electron chi connectivity index (χ0n) is 6.65. The first-order chi connectivity index (χ1) is 6.19. The number of alkyl halides is 1. The van der Waals surface area contributed by atoms with Gasteiger partial charge >= 0.3 is 0 Å². The van der Waals surface area contributed by atoms with Crippen molar-refractivity contribution in [2.45, 2.75) is 13.2 Å². The minimum Gasteiger partial charge on any atom is -0.316 e. The third kappa shape index (κ3) is 2.19. The fourth-order valence-electron chi connectivity index (χ4n) is 0.999. The van der Waals surface area contributed by atoms with Crippen molar-refractivity contribution in [3.8, 4) is 0 Å². The molecule has 0 unspecified atom stereocenters. The SMILES string of the molecule is ONCc1cc(CF)cc(F)c1F. The first-order valence-corrected chi connectivity index (χ1v) is 3.58. The van der Waals surface area contributed by atoms with Crippen LogP contribution in [0.4, 0.5) is 13.2 Å². The van der Waals surface area contributed by atoms with E-state index >= 15 is 0 Å². The molecule has 1 aromatic rings. The minimum atomic E-state index is -1.11. The quantitative estimate of drug-likeness (QED) is 0.715. The predicted octanol–water partition coefficient (Wildman–Crippen LogP) is 1.91. The predicted molar refractivity (Wildman–Crippen MR) is 39.8 cm³/mol. The highest BCUT2D eigenvalue weighted by molar-refractivity contribution is 5.25. The van der Waals surface area contributed by atoms with E-state index in [9.17, 15) is 13.2 Å². The molecule has 0 saturated heterocycles. The number of rotatable bonds is 3. The van der Waals surface area contributed by atoms with Gasteiger partial charge in [-0.2, -0.15) is 0 Å². The Kier molecular flexibility index (Phi) is 3.27. The third-order valence-electron chi connectivity index (χ3n) is 1.59. The topological polar surface area (TPSA) is 32.3 Å². The van der Waals surface area contributed by atoms with E-state index in [1.165, 1.54) is 0 Å². The lowest BCUT2D eigenvalue weighted by Crippen LogP contribution is -2.09. The molecular weight excluding hydrogens is 183 g/mol. The molecule has 0 fully saturated rings. The van der Waals surface area contributed by atoms with E-state index < -0.39 is 18.3 Å². The summed E-state index contributed by atoms with van der Waals surface area (Å²) in [6.45, 7) is -1.12. The molecule has 0 spiro atoms. The van der Waals surface area contributed by atoms with Gasteiger partial charge in [-0.15, -0.1) is 0 Å². The first-order valence-electron chi connectivity index (χ1n) is 3.58. The molecule has 2 N–H and O–H groups in total. The van der Waals surface area contributed by atoms with Crippen LogP contribution >= 0.6 is 0 Å². The second-order valence-electron chi connectivity index (χ2n) is 2.52. The van der Waals surface area contributed by atoms with Gasteiger partial charge in [0, 0.05) is 12.1 Å². The Morgan fingerprint density at radius 2 is 2.00 bits per heavy atom. The molecule has 0 radical (unpaired) electrons. The molecule has 0 saturated carbocycles. The van der Waals surface area contributed by atoms with Gasteiger partial charge in [0.1, 0.15) is 6.67 Å². The summed E-state index contributed by atoms with van der Waals surface area (Å²) in [5, 5.41) is 8.27. The van der Waals surface area contributed by atoms with Crippen LogP contribution < -0.4 is 5.48 Å². The number of benzene rings is 1. The molecule has 0 amide bonds. The summed E-state index contributed by atoms with van der Waals surface area (Å²) in [4.78, 5) is 0. The van der Waals surface area contributed by atoms with Crippen LogP contribution in [0.15, 0.2) is 12.1 Å². The fourth-order valence-corrected chi connectivity index (χ4v) is 0.999. The molecule has 72 valence electrons. The summed E-state index contributed by atoms with van der Waals surface area (Å²) in [5.74, 6) is -2.18. The average molecular weight is 191 g/mol. The van der Waals surface area contributed by atoms with E-state index in [2.05, 4.69) is 0 Å². The smallest absolute Gasteiger partial charge is 0.163 e. The second-order valence-corrected chi connectivity index (χ2v) is 2.52. The Hall–Kier alpha value is -1.07. The largest absolute Gasteiger partial charge is 0.316 e. The van der Waals surface area contributed by atoms with Crippen molar-refractivity contribution in [2.75, 3.05) is 0 Å². The van der Waals surface area contributed by atoms with Crippen LogP contribution in [-0.4, -0.2) is 5.21 Å². The van der Waals surface area contributed by atoms with Crippen molar-refractivity contribution < 1.29 is 18.4 Å². The maximum Gasteiger partial charge on any atom is 0.163 e. The maximum atomic E-state index is 12.9. The summed E-state index contributed by atoms with van der Waals surface area (Å²) in [7, 11) is 0. The Bertz CT molecular complexity index is 304. The van der Waals surface area contributed by atoms with Crippen LogP contribution in [0.2, 0.25) is 0 Å². The molecule has 0 aliphatic rings. The summed E-state index contributed by atoms with van der Waals surface area (Å²) in [5.41, 5.74) is 1.62. The van der Waals surface area contributed by atoms with E-state index in [0.717, 1.165) is 12.1 Å². The lowest BCUT2D eigenvalue weighted by molar-refractivity contribution is 0.159. The highest BCUT2D eigenvalue weighted by Crippen LogP contribution is 2.15. The summed E-state index contributed by atoms with van der Waals surface area (Å²) in [6.07, 6.45) is 0. The van der Waals surface area contributed by atoms with Crippen LogP contribution in [-0.2, 0) is 13.2 Å². The lowest BCUT2D eigenvalue weighted by Gasteiger charge is -2.04. The molecule has 0 atom stereocenters. The molecule has 2 nitrogen and oxygen atoms in total. The molecule has 1 rings (SSSR count). The van der Waals surface area contributed by atoms with Gasteiger partial charge in [0.25, 0.3) is 0 Å². The molecule has 5 heteroatoms. The average Bonchev–Trinajstić information content (AvgIpc) is 2.13. The molecule has 0 aliphatic carbocycles. The zero-order valence-corrected chi connectivity index (χ0v) is 6.65. The second kappa shape index (κ2) is 4.25. The van der Waals surface area contributed by atoms with E-state index in [-0.39, 0.29) is 17.7 Å². The van der Waals surface area contributed by atoms with Crippen LogP contribution in [0.5, 0.6) is 0 Å². The molecule has 13 heavy (non-hydrogen) atoms. The fraction of sp³-hybridized carbons (Fsp3) is 0.250. The van der Waals surface area contributed by atoms with E-state index in [1.54, 1.807) is 5.48 Å². The standard InChI is InChI=1S/C8H8F3NO/c9-3-5-1-6(4-12-13)8(11)7(10)2-5/h1-2,12-13H,3-4H2. The summed E-state index contributed by atoms with van der Waals surface area (Å²) in [6, 6.07) is 1.94. The summed E-state index contributed by atoms with van der Waals surface area (Å²) < 4.78 is 37.6. The first kappa shape index (κ1) is 10.0. The van der Waals surface area contributed by atoms with Crippen molar-refractivity contribution in [1.29, 1.82) is 0 Å². The van der Waals surface area contributed by atoms with Gasteiger partial charge in [0.05, 0.1) is 0 Å². The Morgan fingerprint density at radius 3 is 2.54 bits per heavy atom. The molecule has 0 aliphatic heterocycles. The summed E-state index contributed by atoms with van der Waals surface area (Å²) >= 11 is 0. The van der Waals surface area contributed by atoms with E-state index in [0.29, 0.717) is 0 Å². The van der Waals surface area contributed by atoms with Gasteiger partial charge in [-0.25, -0.2) is 18.7 Å². The molecular formula is C8H8F3NO. The van der Waals surface area contributed by atoms with Crippen LogP contribution in [0, 0.1) is 11.6 Å². The lowest BCUT2D eigenvalue weighted by atomic mass is 10.1. The van der Waals surface area contributed by atoms with Crippen molar-refractivity contribution in [2.24, 2.45) is 0 Å². The van der Waals surface area contributed by atoms with E-state index in [1.807, 2.05) is 0 Å². The number of hydroxylamine groups is 1. The van der Waals surface area contributed by atoms with Gasteiger partial charge in [-0.05, 0) is 17.7 Å². The number of halogens is 3. The van der Waals surface area contributed by atoms with Crippen LogP contribution in [0.3, 0.4) is 0 Å². The third-order valence-corrected chi connectivity index (χ3v) is 1.59. The van der Waals surface area contributed by atoms with Gasteiger partial charge < -0.3 is 5.21 Å². The van der Waals surface area contributed by atoms with Crippen molar-refractivity contribution in [3.05, 3.63) is 34.9 Å². The number of hydrogen-bond donors (Lipinski definition) is 2. The van der Waals surface area contributed by atoms with Crippen LogP contribution in [0.25, 0.3) is 0 Å². The minimum absolute atomic E-state index is 0.0455. The molecule has 0 heterocycles. The van der Waals surface area contributed by atoms with Crippen molar-refractivity contribution >= 4 is 0 Å². The normalized spacial score (nSPS) is 10.5. The molecule has 1 aromatic carbocycles. The van der Waals surface area contributed by atoms with Crippen molar-refractivity contribution in [1.82, 2.24) is 5.48 Å². The number of nitrogens with one attached hydrogen (secondary N) is 1. The maximum absolute atomic E-state index is 12.9. The molecule has 0 bridgehead atoms. The highest BCUT2D eigenvalue weighted by atomic mass is 19.2. The number of hydrogen-bond acceptors (Lipinski definition) is 2. The highest BCUT2D eigenvalue weighted by Gasteiger charge is 2.09. The van der Waals surface area contributed by atoms with Gasteiger partial charge in [-0.1, -0.05) is 0 Å². The van der Waals surface area contributed by atoms with Gasteiger partial charge in [-0.3, -0.25) is 0 Å². The zero-order chi connectivity index (χ0) is 9.84. The van der Waals surface area contributed by atoms with Gasteiger partial charge in [0.2, 0.25) is 0 Å². The van der Waals surface area contributed by atoms with Crippen LogP contribution in [0.1, 0.15) is 11.1 Å². The Morgan fingerprint density at radius 1 is 1.31 bits per heavy atom. The van der Waals surface area contributed by atoms with Gasteiger partial charge in [0.15, 0.2) is 11.6 Å². The Balaban J connectivity index is 3.09. The molecule has 0 aromatic heterocycles. The monoisotopic (exact) mass is 191 g/mol. The van der Waals surface area contributed by atoms with Crippen molar-refractivity contribution in [3.63, 3.8) is 0 Å². The van der Waals surface area contributed by atoms with E-state index in [4.69, 9.17) is 5.21 Å². The Labute approximate surface area is 73.0 Å².